The highest BCUT2D eigenvalue weighted by Gasteiger charge is 2.10. The number of carboxylic acid groups (broad SMARTS) is 1. The first-order valence-corrected chi connectivity index (χ1v) is 7.73. The Morgan fingerprint density at radius 2 is 2.00 bits per heavy atom. The van der Waals surface area contributed by atoms with Gasteiger partial charge in [0.1, 0.15) is 5.76 Å². The number of carbonyl (C=O) groups excluding carboxylic acids is 1. The highest BCUT2D eigenvalue weighted by Crippen LogP contribution is 2.23. The number of carbonyl (C=O) groups is 2. The van der Waals surface area contributed by atoms with Gasteiger partial charge in [0, 0.05) is 4.90 Å². The average Bonchev–Trinajstić information content (AvgIpc) is 2.95. The van der Waals surface area contributed by atoms with Crippen molar-refractivity contribution < 1.29 is 19.1 Å². The van der Waals surface area contributed by atoms with Crippen LogP contribution in [0.2, 0.25) is 0 Å². The molecule has 0 unspecified atom stereocenters. The number of rotatable bonds is 6. The number of furan rings is 1. The van der Waals surface area contributed by atoms with Gasteiger partial charge in [-0.3, -0.25) is 4.79 Å². The van der Waals surface area contributed by atoms with Gasteiger partial charge in [-0.2, -0.15) is 0 Å². The lowest BCUT2D eigenvalue weighted by atomic mass is 10.2. The lowest BCUT2D eigenvalue weighted by Gasteiger charge is -2.07. The van der Waals surface area contributed by atoms with Crippen molar-refractivity contribution in [2.45, 2.75) is 25.3 Å². The molecule has 0 saturated heterocycles. The summed E-state index contributed by atoms with van der Waals surface area (Å²) in [4.78, 5) is 23.6. The zero-order valence-corrected chi connectivity index (χ0v) is 13.2. The van der Waals surface area contributed by atoms with Crippen LogP contribution >= 0.6 is 11.8 Å². The monoisotopic (exact) mass is 319 g/mol. The quantitative estimate of drug-likeness (QED) is 0.800. The molecule has 0 aliphatic carbocycles. The van der Waals surface area contributed by atoms with Crippen molar-refractivity contribution in [1.82, 2.24) is 5.32 Å². The van der Waals surface area contributed by atoms with Gasteiger partial charge in [-0.25, -0.2) is 4.79 Å². The molecule has 1 aromatic heterocycles. The molecule has 5 nitrogen and oxygen atoms in total. The molecule has 116 valence electrons. The van der Waals surface area contributed by atoms with Crippen molar-refractivity contribution in [3.05, 3.63) is 53.0 Å². The summed E-state index contributed by atoms with van der Waals surface area (Å²) in [5.41, 5.74) is 2.30. The summed E-state index contributed by atoms with van der Waals surface area (Å²) in [5.74, 6) is -0.657. The van der Waals surface area contributed by atoms with Gasteiger partial charge in [0.25, 0.3) is 0 Å². The molecule has 1 aromatic carbocycles. The molecule has 0 bridgehead atoms. The Balaban J connectivity index is 1.82. The van der Waals surface area contributed by atoms with Crippen molar-refractivity contribution in [3.8, 4) is 0 Å². The molecule has 0 spiro atoms. The third-order valence-corrected chi connectivity index (χ3v) is 4.19. The molecule has 0 aliphatic heterocycles. The summed E-state index contributed by atoms with van der Waals surface area (Å²) in [5, 5.41) is 11.5. The first kappa shape index (κ1) is 16.2. The molecular formula is C16H17NO4S. The fourth-order valence-corrected chi connectivity index (χ4v) is 2.78. The van der Waals surface area contributed by atoms with E-state index in [4.69, 9.17) is 9.52 Å². The van der Waals surface area contributed by atoms with Crippen LogP contribution in [0.4, 0.5) is 0 Å². The second-order valence-electron chi connectivity index (χ2n) is 4.91. The second kappa shape index (κ2) is 7.17. The van der Waals surface area contributed by atoms with E-state index in [2.05, 4.69) is 11.4 Å². The number of benzene rings is 1. The van der Waals surface area contributed by atoms with Gasteiger partial charge in [-0.15, -0.1) is 11.8 Å². The van der Waals surface area contributed by atoms with Crippen molar-refractivity contribution in [3.63, 3.8) is 0 Å². The standard InChI is InChI=1S/C16H17NO4S/c1-10-3-4-11(2)14(7-10)22-9-15(18)17-8-12-5-6-13(21-12)16(19)20/h3-7H,8-9H2,1-2H3,(H,17,18)(H,19,20). The summed E-state index contributed by atoms with van der Waals surface area (Å²) >= 11 is 1.48. The third-order valence-electron chi connectivity index (χ3n) is 3.03. The van der Waals surface area contributed by atoms with E-state index in [0.29, 0.717) is 11.5 Å². The van der Waals surface area contributed by atoms with Crippen molar-refractivity contribution in [2.24, 2.45) is 0 Å². The molecular weight excluding hydrogens is 302 g/mol. The predicted octanol–water partition coefficient (Wildman–Crippen LogP) is 3.00. The Bertz CT molecular complexity index is 693. The number of nitrogens with one attached hydrogen (secondary N) is 1. The van der Waals surface area contributed by atoms with Crippen LogP contribution in [0, 0.1) is 13.8 Å². The molecule has 22 heavy (non-hydrogen) atoms. The maximum Gasteiger partial charge on any atom is 0.371 e. The number of hydrogen-bond acceptors (Lipinski definition) is 4. The van der Waals surface area contributed by atoms with E-state index in [1.807, 2.05) is 26.0 Å². The number of hydrogen-bond donors (Lipinski definition) is 2. The molecule has 6 heteroatoms. The van der Waals surface area contributed by atoms with Crippen LogP contribution in [0.15, 0.2) is 39.6 Å². The first-order chi connectivity index (χ1) is 10.5. The Labute approximate surface area is 132 Å². The molecule has 2 rings (SSSR count). The molecule has 0 radical (unpaired) electrons. The molecule has 0 atom stereocenters. The minimum absolute atomic E-state index is 0.126. The lowest BCUT2D eigenvalue weighted by molar-refractivity contribution is -0.118. The largest absolute Gasteiger partial charge is 0.475 e. The molecule has 2 N–H and O–H groups in total. The zero-order chi connectivity index (χ0) is 16.1. The smallest absolute Gasteiger partial charge is 0.371 e. The van der Waals surface area contributed by atoms with Gasteiger partial charge in [0.05, 0.1) is 12.3 Å². The molecule has 2 aromatic rings. The zero-order valence-electron chi connectivity index (χ0n) is 12.4. The van der Waals surface area contributed by atoms with E-state index >= 15 is 0 Å². The summed E-state index contributed by atoms with van der Waals surface area (Å²) in [7, 11) is 0. The van der Waals surface area contributed by atoms with Gasteiger partial charge in [-0.1, -0.05) is 17.7 Å². The maximum absolute atomic E-state index is 11.8. The Morgan fingerprint density at radius 3 is 2.68 bits per heavy atom. The van der Waals surface area contributed by atoms with E-state index in [1.165, 1.54) is 17.8 Å². The predicted molar refractivity (Wildman–Crippen MR) is 84.2 cm³/mol. The fraction of sp³-hybridized carbons (Fsp3) is 0.250. The molecule has 0 aliphatic rings. The Hall–Kier alpha value is -2.21. The van der Waals surface area contributed by atoms with Crippen LogP contribution in [0.3, 0.4) is 0 Å². The summed E-state index contributed by atoms with van der Waals surface area (Å²) < 4.78 is 5.07. The third kappa shape index (κ3) is 4.39. The van der Waals surface area contributed by atoms with Crippen molar-refractivity contribution in [2.75, 3.05) is 5.75 Å². The van der Waals surface area contributed by atoms with Crippen LogP contribution in [-0.4, -0.2) is 22.7 Å². The van der Waals surface area contributed by atoms with Crippen molar-refractivity contribution in [1.29, 1.82) is 0 Å². The average molecular weight is 319 g/mol. The number of amides is 1. The van der Waals surface area contributed by atoms with Crippen LogP contribution in [0.25, 0.3) is 0 Å². The Morgan fingerprint density at radius 1 is 1.23 bits per heavy atom. The number of aryl methyl sites for hydroxylation is 2. The van der Waals surface area contributed by atoms with Crippen LogP contribution in [-0.2, 0) is 11.3 Å². The van der Waals surface area contributed by atoms with E-state index in [1.54, 1.807) is 6.07 Å². The highest BCUT2D eigenvalue weighted by atomic mass is 32.2. The maximum atomic E-state index is 11.8. The number of aromatic carboxylic acids is 1. The minimum Gasteiger partial charge on any atom is -0.475 e. The van der Waals surface area contributed by atoms with E-state index in [9.17, 15) is 9.59 Å². The number of carboxylic acids is 1. The van der Waals surface area contributed by atoms with Gasteiger partial charge >= 0.3 is 5.97 Å². The SMILES string of the molecule is Cc1ccc(C)c(SCC(=O)NCc2ccc(C(=O)O)o2)c1. The van der Waals surface area contributed by atoms with E-state index in [0.717, 1.165) is 16.0 Å². The van der Waals surface area contributed by atoms with Crippen molar-refractivity contribution >= 4 is 23.6 Å². The summed E-state index contributed by atoms with van der Waals surface area (Å²) in [6.45, 7) is 4.20. The normalized spacial score (nSPS) is 10.5. The summed E-state index contributed by atoms with van der Waals surface area (Å²) in [6, 6.07) is 9.04. The fourth-order valence-electron chi connectivity index (χ4n) is 1.83. The lowest BCUT2D eigenvalue weighted by Crippen LogP contribution is -2.24. The van der Waals surface area contributed by atoms with Crippen LogP contribution < -0.4 is 5.32 Å². The van der Waals surface area contributed by atoms with Gasteiger partial charge in [0.2, 0.25) is 11.7 Å². The Kier molecular flexibility index (Phi) is 5.27. The number of thioether (sulfide) groups is 1. The van der Waals surface area contributed by atoms with E-state index in [-0.39, 0.29) is 18.2 Å². The van der Waals surface area contributed by atoms with Crippen LogP contribution in [0.1, 0.15) is 27.4 Å². The van der Waals surface area contributed by atoms with Gasteiger partial charge < -0.3 is 14.8 Å². The van der Waals surface area contributed by atoms with Gasteiger partial charge in [0.15, 0.2) is 0 Å². The molecule has 0 fully saturated rings. The first-order valence-electron chi connectivity index (χ1n) is 6.74. The molecule has 0 saturated carbocycles. The van der Waals surface area contributed by atoms with Gasteiger partial charge in [-0.05, 0) is 37.6 Å². The topological polar surface area (TPSA) is 79.5 Å². The second-order valence-corrected chi connectivity index (χ2v) is 5.92. The van der Waals surface area contributed by atoms with Crippen LogP contribution in [0.5, 0.6) is 0 Å². The molecule has 1 heterocycles. The molecule has 1 amide bonds. The van der Waals surface area contributed by atoms with E-state index < -0.39 is 5.97 Å². The minimum atomic E-state index is -1.12. The summed E-state index contributed by atoms with van der Waals surface area (Å²) in [6.07, 6.45) is 0. The highest BCUT2D eigenvalue weighted by molar-refractivity contribution is 8.00.